The van der Waals surface area contributed by atoms with E-state index in [0.29, 0.717) is 11.4 Å². The molecule has 1 aromatic carbocycles. The summed E-state index contributed by atoms with van der Waals surface area (Å²) in [5.41, 5.74) is 6.04. The van der Waals surface area contributed by atoms with E-state index in [0.717, 1.165) is 0 Å². The number of nitrogens with zero attached hydrogens (tertiary/aromatic N) is 3. The van der Waals surface area contributed by atoms with Crippen molar-refractivity contribution in [1.29, 1.82) is 0 Å². The molecule has 27 nitrogen and oxygen atoms in total. The van der Waals surface area contributed by atoms with Crippen molar-refractivity contribution in [3.63, 3.8) is 0 Å². The number of amides is 7. The number of hydrogen-bond acceptors (Lipinski definition) is 17. The number of nitrogen functional groups attached to an aromatic ring is 1. The Morgan fingerprint density at radius 3 is 1.82 bits per heavy atom. The van der Waals surface area contributed by atoms with E-state index in [9.17, 15) is 63.0 Å². The number of carboxylic acids is 3. The van der Waals surface area contributed by atoms with Crippen LogP contribution in [0.1, 0.15) is 62.5 Å². The minimum absolute atomic E-state index is 0.00721. The van der Waals surface area contributed by atoms with Gasteiger partial charge in [-0.25, -0.2) is 19.6 Å². The third-order valence-corrected chi connectivity index (χ3v) is 9.53. The molecule has 0 bridgehead atoms. The number of nitrogens with two attached hydrogens (primary N) is 1. The highest BCUT2D eigenvalue weighted by atomic mass is 32.1. The highest BCUT2D eigenvalue weighted by molar-refractivity contribution is 7.80. The van der Waals surface area contributed by atoms with Gasteiger partial charge in [0.15, 0.2) is 11.2 Å². The maximum atomic E-state index is 13.1. The molecular formula is C38H49N13O14S. The first-order chi connectivity index (χ1) is 31.1. The number of aliphatic carboxylic acids is 3. The molecule has 0 aliphatic heterocycles. The number of nitrogens with one attached hydrogen (secondary N) is 9. The molecule has 6 unspecified atom stereocenters. The second-order valence-corrected chi connectivity index (χ2v) is 14.8. The van der Waals surface area contributed by atoms with Gasteiger partial charge in [-0.05, 0) is 57.9 Å². The van der Waals surface area contributed by atoms with Gasteiger partial charge in [0.05, 0.1) is 25.0 Å². The molecule has 0 saturated heterocycles. The van der Waals surface area contributed by atoms with E-state index in [-0.39, 0.29) is 35.0 Å². The lowest BCUT2D eigenvalue weighted by Gasteiger charge is -2.23. The van der Waals surface area contributed by atoms with Crippen LogP contribution in [0.2, 0.25) is 0 Å². The van der Waals surface area contributed by atoms with Gasteiger partial charge >= 0.3 is 17.9 Å². The molecule has 0 aliphatic carbocycles. The lowest BCUT2D eigenvalue weighted by atomic mass is 10.1. The van der Waals surface area contributed by atoms with Crippen molar-refractivity contribution < 1.29 is 63.3 Å². The fourth-order valence-electron chi connectivity index (χ4n) is 5.48. The Labute approximate surface area is 379 Å². The largest absolute Gasteiger partial charge is 0.481 e. The quantitative estimate of drug-likeness (QED) is 0.0364. The summed E-state index contributed by atoms with van der Waals surface area (Å²) in [6.07, 6.45) is -0.506. The molecule has 0 radical (unpaired) electrons. The van der Waals surface area contributed by atoms with Crippen molar-refractivity contribution in [2.24, 2.45) is 0 Å². The van der Waals surface area contributed by atoms with Crippen LogP contribution in [0.25, 0.3) is 11.2 Å². The summed E-state index contributed by atoms with van der Waals surface area (Å²) in [5.74, 6) is -10.5. The van der Waals surface area contributed by atoms with Gasteiger partial charge < -0.3 is 63.6 Å². The number of thiol groups is 1. The predicted molar refractivity (Wildman–Crippen MR) is 232 cm³/mol. The topological polar surface area (TPSA) is 425 Å². The summed E-state index contributed by atoms with van der Waals surface area (Å²) in [7, 11) is 0. The van der Waals surface area contributed by atoms with Crippen molar-refractivity contribution in [2.45, 2.75) is 89.3 Å². The van der Waals surface area contributed by atoms with Gasteiger partial charge in [-0.15, -0.1) is 0 Å². The Morgan fingerprint density at radius 2 is 1.26 bits per heavy atom. The average molecular weight is 944 g/mol. The second-order valence-electron chi connectivity index (χ2n) is 14.4. The normalized spacial score (nSPS) is 13.5. The van der Waals surface area contributed by atoms with Crippen molar-refractivity contribution in [2.75, 3.05) is 23.3 Å². The van der Waals surface area contributed by atoms with Crippen LogP contribution in [-0.4, -0.2) is 143 Å². The van der Waals surface area contributed by atoms with Crippen LogP contribution < -0.4 is 53.8 Å². The number of H-pyrrole nitrogens is 1. The van der Waals surface area contributed by atoms with Gasteiger partial charge in [-0.2, -0.15) is 17.6 Å². The summed E-state index contributed by atoms with van der Waals surface area (Å²) in [5, 5.41) is 46.9. The number of hydrogen-bond donors (Lipinski definition) is 14. The molecule has 0 saturated carbocycles. The Balaban J connectivity index is 1.46. The number of carbonyl (C=O) groups is 10. The fraction of sp³-hybridized carbons (Fsp3) is 0.421. The number of carboxylic acid groups (broad SMARTS) is 3. The Morgan fingerprint density at radius 1 is 0.697 bits per heavy atom. The molecule has 0 aliphatic rings. The number of fused-ring (bicyclic) bond motifs is 1. The van der Waals surface area contributed by atoms with Crippen molar-refractivity contribution in [3.05, 3.63) is 52.1 Å². The average Bonchev–Trinajstić information content (AvgIpc) is 3.26. The Hall–Kier alpha value is -7.91. The monoisotopic (exact) mass is 943 g/mol. The molecule has 7 amide bonds. The molecular weight excluding hydrogens is 895 g/mol. The zero-order chi connectivity index (χ0) is 49.2. The molecule has 356 valence electrons. The molecule has 2 heterocycles. The van der Waals surface area contributed by atoms with Crippen LogP contribution in [0.5, 0.6) is 0 Å². The van der Waals surface area contributed by atoms with Crippen LogP contribution in [0.3, 0.4) is 0 Å². The SMILES string of the molecule is CC(NC(=O)C(C)NC(=O)C(CCC(=O)O)NC(=O)CNC(=O)CCC(NC(=O)c1ccc(NCc2cnc3nc(N)[nH]c(=O)c3n2)cc1)C(=O)O)C(=O)NC(C)C(=O)NC(CS)C(=O)O. The lowest BCUT2D eigenvalue weighted by Crippen LogP contribution is -2.57. The summed E-state index contributed by atoms with van der Waals surface area (Å²) in [6.45, 7) is 3.16. The van der Waals surface area contributed by atoms with E-state index >= 15 is 0 Å². The first kappa shape index (κ1) is 52.4. The van der Waals surface area contributed by atoms with Gasteiger partial charge in [0, 0.05) is 29.8 Å². The van der Waals surface area contributed by atoms with Crippen LogP contribution in [0.15, 0.2) is 35.3 Å². The van der Waals surface area contributed by atoms with Crippen LogP contribution in [0.4, 0.5) is 11.6 Å². The molecule has 28 heteroatoms. The van der Waals surface area contributed by atoms with Gasteiger partial charge in [-0.3, -0.25) is 48.1 Å². The summed E-state index contributed by atoms with van der Waals surface area (Å²) < 4.78 is 0. The van der Waals surface area contributed by atoms with Crippen molar-refractivity contribution in [3.8, 4) is 0 Å². The highest BCUT2D eigenvalue weighted by Crippen LogP contribution is 2.13. The van der Waals surface area contributed by atoms with E-state index < -0.39 is 133 Å². The van der Waals surface area contributed by atoms with Crippen molar-refractivity contribution in [1.82, 2.24) is 57.2 Å². The first-order valence-electron chi connectivity index (χ1n) is 19.8. The maximum absolute atomic E-state index is 13.1. The van der Waals surface area contributed by atoms with Gasteiger partial charge in [0.25, 0.3) is 11.5 Å². The molecule has 3 rings (SSSR count). The van der Waals surface area contributed by atoms with Gasteiger partial charge in [-0.1, -0.05) is 0 Å². The number of rotatable bonds is 25. The molecule has 6 atom stereocenters. The fourth-order valence-corrected chi connectivity index (χ4v) is 5.73. The first-order valence-corrected chi connectivity index (χ1v) is 20.4. The molecule has 66 heavy (non-hydrogen) atoms. The summed E-state index contributed by atoms with van der Waals surface area (Å²) >= 11 is 3.84. The van der Waals surface area contributed by atoms with Gasteiger partial charge in [0.1, 0.15) is 36.3 Å². The molecule has 3 aromatic rings. The smallest absolute Gasteiger partial charge is 0.327 e. The number of carbonyl (C=O) groups excluding carboxylic acids is 7. The lowest BCUT2D eigenvalue weighted by molar-refractivity contribution is -0.141. The zero-order valence-electron chi connectivity index (χ0n) is 35.5. The van der Waals surface area contributed by atoms with Crippen LogP contribution >= 0.6 is 12.6 Å². The highest BCUT2D eigenvalue weighted by Gasteiger charge is 2.29. The third kappa shape index (κ3) is 16.7. The summed E-state index contributed by atoms with van der Waals surface area (Å²) in [4.78, 5) is 150. The molecule has 14 N–H and O–H groups in total. The molecule has 0 fully saturated rings. The minimum Gasteiger partial charge on any atom is -0.481 e. The number of aromatic nitrogens is 4. The van der Waals surface area contributed by atoms with E-state index in [1.165, 1.54) is 51.2 Å². The predicted octanol–water partition coefficient (Wildman–Crippen LogP) is -3.65. The molecule has 0 spiro atoms. The van der Waals surface area contributed by atoms with E-state index in [1.54, 1.807) is 0 Å². The number of aromatic amines is 1. The van der Waals surface area contributed by atoms with E-state index in [4.69, 9.17) is 10.8 Å². The Kier molecular flexibility index (Phi) is 19.7. The standard InChI is InChI=1S/C38H49N13O14S/c1-16(30(56)44-18(3)32(58)49-24(15-66)37(64)65)43-31(57)17(2)45-34(60)22(9-11-27(54)55)47-26(53)14-41-25(52)10-8-23(36(62)63)48-33(59)19-4-6-20(7-5-19)40-12-21-13-42-29-28(46-21)35(61)51-38(39)50-29/h4-7,13,16-18,22-24,40,66H,8-12,14-15H2,1-3H3,(H,41,52)(H,43,57)(H,44,56)(H,45,60)(H,47,53)(H,48,59)(H,49,58)(H,54,55)(H,62,63)(H,64,65)(H3,39,42,50,51,61). The number of benzene rings is 1. The van der Waals surface area contributed by atoms with E-state index in [2.05, 4.69) is 75.1 Å². The van der Waals surface area contributed by atoms with Crippen LogP contribution in [0, 0.1) is 0 Å². The minimum atomic E-state index is -1.53. The van der Waals surface area contributed by atoms with E-state index in [1.807, 2.05) is 0 Å². The number of anilines is 2. The second kappa shape index (κ2) is 24.8. The summed E-state index contributed by atoms with van der Waals surface area (Å²) in [6, 6.07) is -2.29. The Bertz CT molecular complexity index is 2380. The zero-order valence-corrected chi connectivity index (χ0v) is 36.4. The van der Waals surface area contributed by atoms with Crippen molar-refractivity contribution >= 4 is 94.7 Å². The molecule has 2 aromatic heterocycles. The van der Waals surface area contributed by atoms with Gasteiger partial charge in [0.2, 0.25) is 41.4 Å². The maximum Gasteiger partial charge on any atom is 0.327 e. The third-order valence-electron chi connectivity index (χ3n) is 9.17. The van der Waals surface area contributed by atoms with Crippen LogP contribution in [-0.2, 0) is 49.7 Å².